The van der Waals surface area contributed by atoms with E-state index in [1.54, 1.807) is 0 Å². The summed E-state index contributed by atoms with van der Waals surface area (Å²) in [5.41, 5.74) is 0. The van der Waals surface area contributed by atoms with E-state index in [2.05, 4.69) is 9.46 Å². The third-order valence-electron chi connectivity index (χ3n) is 2.06. The number of hydrogen-bond acceptors (Lipinski definition) is 4. The molecule has 1 unspecified atom stereocenters. The van der Waals surface area contributed by atoms with E-state index in [-0.39, 0.29) is 11.7 Å². The van der Waals surface area contributed by atoms with Gasteiger partial charge in [0, 0.05) is 0 Å². The Morgan fingerprint density at radius 1 is 1.57 bits per heavy atom. The van der Waals surface area contributed by atoms with E-state index in [9.17, 15) is 13.2 Å². The molecule has 1 aliphatic rings. The van der Waals surface area contributed by atoms with Crippen molar-refractivity contribution in [2.24, 2.45) is 5.92 Å². The summed E-state index contributed by atoms with van der Waals surface area (Å²) in [6.07, 6.45) is 1.93. The minimum absolute atomic E-state index is 0.119. The van der Waals surface area contributed by atoms with Crippen LogP contribution in [0.5, 0.6) is 0 Å². The Balaban J connectivity index is 2.44. The molecule has 14 heavy (non-hydrogen) atoms. The van der Waals surface area contributed by atoms with Crippen LogP contribution in [-0.4, -0.2) is 33.3 Å². The lowest BCUT2D eigenvalue weighted by atomic mass is 10.4. The van der Waals surface area contributed by atoms with Gasteiger partial charge < -0.3 is 4.74 Å². The second-order valence-electron chi connectivity index (χ2n) is 3.59. The number of carbonyl (C=O) groups excluding carboxylic acids is 1. The minimum atomic E-state index is -3.32. The summed E-state index contributed by atoms with van der Waals surface area (Å²) in [6, 6.07) is -0.802. The average Bonchev–Trinajstić information content (AvgIpc) is 2.84. The molecule has 0 spiro atoms. The van der Waals surface area contributed by atoms with Crippen LogP contribution >= 0.6 is 0 Å². The molecule has 1 fully saturated rings. The number of esters is 1. The largest absolute Gasteiger partial charge is 0.468 e. The molecule has 6 heteroatoms. The number of methoxy groups -OCH3 is 1. The second kappa shape index (κ2) is 4.27. The molecule has 0 radical (unpaired) electrons. The molecule has 0 bridgehead atoms. The highest BCUT2D eigenvalue weighted by Gasteiger charge is 2.29. The van der Waals surface area contributed by atoms with Gasteiger partial charge >= 0.3 is 5.97 Å². The summed E-state index contributed by atoms with van der Waals surface area (Å²) in [4.78, 5) is 10.9. The van der Waals surface area contributed by atoms with Crippen molar-refractivity contribution in [2.75, 3.05) is 12.9 Å². The molecule has 0 aromatic rings. The maximum absolute atomic E-state index is 11.4. The Hall–Kier alpha value is -0.620. The molecule has 82 valence electrons. The van der Waals surface area contributed by atoms with Crippen LogP contribution in [0.2, 0.25) is 0 Å². The Labute approximate surface area is 83.9 Å². The molecule has 1 N–H and O–H groups in total. The molecule has 0 aromatic heterocycles. The standard InChI is InChI=1S/C8H15NO4S/c1-6(8(10)13-2)9-14(11,12)5-7-3-4-7/h6-7,9H,3-5H2,1-2H3. The van der Waals surface area contributed by atoms with Crippen LogP contribution in [0.1, 0.15) is 19.8 Å². The van der Waals surface area contributed by atoms with Crippen LogP contribution in [0, 0.1) is 5.92 Å². The Morgan fingerprint density at radius 2 is 2.14 bits per heavy atom. The predicted octanol–water partition coefficient (Wildman–Crippen LogP) is -0.123. The number of sulfonamides is 1. The van der Waals surface area contributed by atoms with Crippen molar-refractivity contribution in [3.8, 4) is 0 Å². The Bertz CT molecular complexity index is 307. The van der Waals surface area contributed by atoms with Crippen molar-refractivity contribution in [1.29, 1.82) is 0 Å². The van der Waals surface area contributed by atoms with Gasteiger partial charge in [0.1, 0.15) is 6.04 Å². The van der Waals surface area contributed by atoms with E-state index >= 15 is 0 Å². The van der Waals surface area contributed by atoms with Crippen molar-refractivity contribution in [3.05, 3.63) is 0 Å². The van der Waals surface area contributed by atoms with E-state index < -0.39 is 22.0 Å². The number of carbonyl (C=O) groups is 1. The predicted molar refractivity (Wildman–Crippen MR) is 51.1 cm³/mol. The Kier molecular flexibility index (Phi) is 3.49. The van der Waals surface area contributed by atoms with Gasteiger partial charge in [-0.1, -0.05) is 0 Å². The topological polar surface area (TPSA) is 72.5 Å². The van der Waals surface area contributed by atoms with Crippen molar-refractivity contribution >= 4 is 16.0 Å². The SMILES string of the molecule is COC(=O)C(C)NS(=O)(=O)CC1CC1. The lowest BCUT2D eigenvalue weighted by Crippen LogP contribution is -2.40. The molecule has 1 aliphatic carbocycles. The first kappa shape index (κ1) is 11.5. The fraction of sp³-hybridized carbons (Fsp3) is 0.875. The first-order valence-corrected chi connectivity index (χ1v) is 6.17. The minimum Gasteiger partial charge on any atom is -0.468 e. The van der Waals surface area contributed by atoms with Crippen molar-refractivity contribution in [1.82, 2.24) is 4.72 Å². The van der Waals surface area contributed by atoms with Gasteiger partial charge in [0.05, 0.1) is 12.9 Å². The third-order valence-corrected chi connectivity index (χ3v) is 3.69. The van der Waals surface area contributed by atoms with Crippen LogP contribution < -0.4 is 4.72 Å². The van der Waals surface area contributed by atoms with Gasteiger partial charge in [-0.25, -0.2) is 13.1 Å². The molecule has 1 rings (SSSR count). The highest BCUT2D eigenvalue weighted by molar-refractivity contribution is 7.89. The number of ether oxygens (including phenoxy) is 1. The molecular formula is C8H15NO4S. The molecule has 0 amide bonds. The van der Waals surface area contributed by atoms with Crippen LogP contribution in [0.4, 0.5) is 0 Å². The summed E-state index contributed by atoms with van der Waals surface area (Å²) in [7, 11) is -2.09. The number of hydrogen-bond donors (Lipinski definition) is 1. The fourth-order valence-electron chi connectivity index (χ4n) is 1.14. The Morgan fingerprint density at radius 3 is 2.57 bits per heavy atom. The van der Waals surface area contributed by atoms with Crippen LogP contribution in [0.3, 0.4) is 0 Å². The quantitative estimate of drug-likeness (QED) is 0.657. The summed E-state index contributed by atoms with van der Waals surface area (Å²) < 4.78 is 29.5. The highest BCUT2D eigenvalue weighted by atomic mass is 32.2. The van der Waals surface area contributed by atoms with Gasteiger partial charge in [-0.15, -0.1) is 0 Å². The zero-order valence-electron chi connectivity index (χ0n) is 8.32. The highest BCUT2D eigenvalue weighted by Crippen LogP contribution is 2.29. The van der Waals surface area contributed by atoms with Gasteiger partial charge in [0.2, 0.25) is 10.0 Å². The molecule has 0 saturated heterocycles. The maximum Gasteiger partial charge on any atom is 0.323 e. The normalized spacial score (nSPS) is 19.0. The molecular weight excluding hydrogens is 206 g/mol. The van der Waals surface area contributed by atoms with E-state index in [0.29, 0.717) is 0 Å². The molecule has 1 saturated carbocycles. The summed E-state index contributed by atoms with van der Waals surface area (Å²) in [5, 5.41) is 0. The van der Waals surface area contributed by atoms with Gasteiger partial charge in [-0.3, -0.25) is 4.79 Å². The second-order valence-corrected chi connectivity index (χ2v) is 5.39. The first-order chi connectivity index (χ1) is 6.44. The number of nitrogens with one attached hydrogen (secondary N) is 1. The maximum atomic E-state index is 11.4. The van der Waals surface area contributed by atoms with Crippen LogP contribution in [-0.2, 0) is 19.6 Å². The monoisotopic (exact) mass is 221 g/mol. The smallest absolute Gasteiger partial charge is 0.323 e. The van der Waals surface area contributed by atoms with Gasteiger partial charge in [0.25, 0.3) is 0 Å². The molecule has 0 heterocycles. The summed E-state index contributed by atoms with van der Waals surface area (Å²) in [5.74, 6) is -0.171. The average molecular weight is 221 g/mol. The lowest BCUT2D eigenvalue weighted by molar-refractivity contribution is -0.142. The molecule has 0 aliphatic heterocycles. The van der Waals surface area contributed by atoms with E-state index in [1.165, 1.54) is 14.0 Å². The van der Waals surface area contributed by atoms with E-state index in [0.717, 1.165) is 12.8 Å². The molecule has 1 atom stereocenters. The zero-order chi connectivity index (χ0) is 10.8. The van der Waals surface area contributed by atoms with Crippen molar-refractivity contribution in [2.45, 2.75) is 25.8 Å². The third kappa shape index (κ3) is 3.63. The summed E-state index contributed by atoms with van der Waals surface area (Å²) in [6.45, 7) is 1.47. The lowest BCUT2D eigenvalue weighted by Gasteiger charge is -2.11. The fourth-order valence-corrected chi connectivity index (χ4v) is 2.82. The van der Waals surface area contributed by atoms with E-state index in [4.69, 9.17) is 0 Å². The van der Waals surface area contributed by atoms with E-state index in [1.807, 2.05) is 0 Å². The number of rotatable bonds is 5. The zero-order valence-corrected chi connectivity index (χ0v) is 9.13. The van der Waals surface area contributed by atoms with Crippen molar-refractivity contribution in [3.63, 3.8) is 0 Å². The molecule has 0 aromatic carbocycles. The van der Waals surface area contributed by atoms with Gasteiger partial charge in [0.15, 0.2) is 0 Å². The van der Waals surface area contributed by atoms with Gasteiger partial charge in [-0.05, 0) is 25.7 Å². The first-order valence-electron chi connectivity index (χ1n) is 4.52. The van der Waals surface area contributed by atoms with Crippen molar-refractivity contribution < 1.29 is 17.9 Å². The van der Waals surface area contributed by atoms with Crippen LogP contribution in [0.15, 0.2) is 0 Å². The molecule has 5 nitrogen and oxygen atoms in total. The van der Waals surface area contributed by atoms with Crippen LogP contribution in [0.25, 0.3) is 0 Å². The summed E-state index contributed by atoms with van der Waals surface area (Å²) >= 11 is 0. The van der Waals surface area contributed by atoms with Gasteiger partial charge in [-0.2, -0.15) is 0 Å².